The number of benzene rings is 1. The molecule has 27 heavy (non-hydrogen) atoms. The molecule has 0 spiro atoms. The van der Waals surface area contributed by atoms with Crippen LogP contribution in [0, 0.1) is 5.92 Å². The normalized spacial score (nSPS) is 23.6. The molecule has 5 nitrogen and oxygen atoms in total. The van der Waals surface area contributed by atoms with Gasteiger partial charge in [0.2, 0.25) is 11.8 Å². The summed E-state index contributed by atoms with van der Waals surface area (Å²) in [6.45, 7) is 2.45. The zero-order valence-corrected chi connectivity index (χ0v) is 17.4. The van der Waals surface area contributed by atoms with Crippen LogP contribution in [0.2, 0.25) is 0 Å². The van der Waals surface area contributed by atoms with E-state index in [2.05, 4.69) is 15.9 Å². The molecule has 0 unspecified atom stereocenters. The molecule has 2 fully saturated rings. The Bertz CT molecular complexity index is 673. The molecule has 6 heteroatoms. The fourth-order valence-electron chi connectivity index (χ4n) is 3.80. The summed E-state index contributed by atoms with van der Waals surface area (Å²) in [6.07, 6.45) is 7.51. The second kappa shape index (κ2) is 9.51. The lowest BCUT2D eigenvalue weighted by Crippen LogP contribution is -2.52. The van der Waals surface area contributed by atoms with Gasteiger partial charge in [0, 0.05) is 49.8 Å². The minimum atomic E-state index is 0.00520. The summed E-state index contributed by atoms with van der Waals surface area (Å²) >= 11 is 3.40. The lowest BCUT2D eigenvalue weighted by atomic mass is 9.86. The van der Waals surface area contributed by atoms with E-state index in [0.29, 0.717) is 32.3 Å². The fraction of sp³-hybridized carbons (Fsp3) is 0.524. The van der Waals surface area contributed by atoms with Crippen LogP contribution < -0.4 is 0 Å². The van der Waals surface area contributed by atoms with E-state index in [4.69, 9.17) is 4.74 Å². The molecule has 2 aliphatic rings. The molecule has 1 saturated heterocycles. The number of rotatable bonds is 4. The molecule has 0 N–H and O–H groups in total. The number of ether oxygens (including phenoxy) is 1. The molecule has 2 amide bonds. The van der Waals surface area contributed by atoms with Crippen LogP contribution in [-0.4, -0.2) is 61.0 Å². The van der Waals surface area contributed by atoms with Crippen LogP contribution >= 0.6 is 15.9 Å². The van der Waals surface area contributed by atoms with Gasteiger partial charge in [-0.2, -0.15) is 0 Å². The topological polar surface area (TPSA) is 49.9 Å². The van der Waals surface area contributed by atoms with Crippen molar-refractivity contribution < 1.29 is 14.3 Å². The van der Waals surface area contributed by atoms with Gasteiger partial charge in [-0.15, -0.1) is 0 Å². The van der Waals surface area contributed by atoms with Gasteiger partial charge in [0.05, 0.1) is 6.10 Å². The third kappa shape index (κ3) is 5.42. The van der Waals surface area contributed by atoms with Gasteiger partial charge in [0.1, 0.15) is 0 Å². The number of piperazine rings is 1. The number of halogens is 1. The van der Waals surface area contributed by atoms with E-state index in [0.717, 1.165) is 35.7 Å². The van der Waals surface area contributed by atoms with E-state index < -0.39 is 0 Å². The molecule has 0 atom stereocenters. The quantitative estimate of drug-likeness (QED) is 0.682. The Balaban J connectivity index is 1.46. The SMILES string of the molecule is COC1CCC(C(=O)N2CCN(C(=O)/C=C/c3ccc(Br)cc3)CC2)CC1. The van der Waals surface area contributed by atoms with Gasteiger partial charge in [0.25, 0.3) is 0 Å². The largest absolute Gasteiger partial charge is 0.381 e. The Kier molecular flexibility index (Phi) is 7.07. The summed E-state index contributed by atoms with van der Waals surface area (Å²) in [5.41, 5.74) is 0.993. The smallest absolute Gasteiger partial charge is 0.246 e. The van der Waals surface area contributed by atoms with Crippen molar-refractivity contribution in [2.75, 3.05) is 33.3 Å². The second-order valence-corrected chi connectivity index (χ2v) is 8.16. The van der Waals surface area contributed by atoms with Crippen LogP contribution in [0.4, 0.5) is 0 Å². The second-order valence-electron chi connectivity index (χ2n) is 7.24. The highest BCUT2D eigenvalue weighted by molar-refractivity contribution is 9.10. The zero-order chi connectivity index (χ0) is 19.2. The third-order valence-electron chi connectivity index (χ3n) is 5.55. The molecule has 1 heterocycles. The molecule has 146 valence electrons. The summed E-state index contributed by atoms with van der Waals surface area (Å²) < 4.78 is 6.40. The molecule has 3 rings (SSSR count). The van der Waals surface area contributed by atoms with E-state index in [-0.39, 0.29) is 17.7 Å². The first kappa shape index (κ1) is 20.1. The predicted molar refractivity (Wildman–Crippen MR) is 109 cm³/mol. The van der Waals surface area contributed by atoms with Crippen molar-refractivity contribution in [2.45, 2.75) is 31.8 Å². The van der Waals surface area contributed by atoms with E-state index in [1.54, 1.807) is 13.2 Å². The van der Waals surface area contributed by atoms with Crippen LogP contribution in [-0.2, 0) is 14.3 Å². The molecule has 0 aromatic heterocycles. The van der Waals surface area contributed by atoms with Gasteiger partial charge in [-0.25, -0.2) is 0 Å². The minimum Gasteiger partial charge on any atom is -0.381 e. The third-order valence-corrected chi connectivity index (χ3v) is 6.08. The van der Waals surface area contributed by atoms with Crippen molar-refractivity contribution in [1.82, 2.24) is 9.80 Å². The summed E-state index contributed by atoms with van der Waals surface area (Å²) in [4.78, 5) is 28.9. The number of carbonyl (C=O) groups excluding carboxylic acids is 2. The highest BCUT2D eigenvalue weighted by atomic mass is 79.9. The molecule has 1 aromatic carbocycles. The first-order chi connectivity index (χ1) is 13.1. The maximum Gasteiger partial charge on any atom is 0.246 e. The number of hydrogen-bond acceptors (Lipinski definition) is 3. The predicted octanol–water partition coefficient (Wildman–Crippen LogP) is 3.34. The monoisotopic (exact) mass is 434 g/mol. The standard InChI is InChI=1S/C21H27BrN2O3/c1-27-19-9-5-17(6-10-19)21(26)24-14-12-23(13-15-24)20(25)11-4-16-2-7-18(22)8-3-16/h2-4,7-8,11,17,19H,5-6,9-10,12-15H2,1H3/b11-4+. The molecule has 1 aliphatic heterocycles. The van der Waals surface area contributed by atoms with Crippen LogP contribution in [0.3, 0.4) is 0 Å². The number of amides is 2. The number of hydrogen-bond donors (Lipinski definition) is 0. The summed E-state index contributed by atoms with van der Waals surface area (Å²) in [6, 6.07) is 7.83. The Morgan fingerprint density at radius 2 is 1.59 bits per heavy atom. The van der Waals surface area contributed by atoms with Crippen molar-refractivity contribution in [3.8, 4) is 0 Å². The van der Waals surface area contributed by atoms with Crippen LogP contribution in [0.15, 0.2) is 34.8 Å². The Morgan fingerprint density at radius 1 is 1.00 bits per heavy atom. The van der Waals surface area contributed by atoms with Crippen molar-refractivity contribution in [2.24, 2.45) is 5.92 Å². The van der Waals surface area contributed by atoms with E-state index in [1.165, 1.54) is 0 Å². The van der Waals surface area contributed by atoms with Crippen LogP contribution in [0.5, 0.6) is 0 Å². The first-order valence-electron chi connectivity index (χ1n) is 9.61. The zero-order valence-electron chi connectivity index (χ0n) is 15.8. The van der Waals surface area contributed by atoms with Crippen molar-refractivity contribution >= 4 is 33.8 Å². The Labute approximate surface area is 169 Å². The van der Waals surface area contributed by atoms with Gasteiger partial charge in [-0.3, -0.25) is 9.59 Å². The first-order valence-corrected chi connectivity index (χ1v) is 10.4. The van der Waals surface area contributed by atoms with Crippen molar-refractivity contribution in [1.29, 1.82) is 0 Å². The average Bonchev–Trinajstić information content (AvgIpc) is 2.73. The molecule has 1 saturated carbocycles. The fourth-order valence-corrected chi connectivity index (χ4v) is 4.06. The van der Waals surface area contributed by atoms with Crippen LogP contribution in [0.1, 0.15) is 31.2 Å². The summed E-state index contributed by atoms with van der Waals surface area (Å²) in [5.74, 6) is 0.378. The Hall–Kier alpha value is -1.66. The highest BCUT2D eigenvalue weighted by Gasteiger charge is 2.31. The highest BCUT2D eigenvalue weighted by Crippen LogP contribution is 2.27. The van der Waals surface area contributed by atoms with Gasteiger partial charge in [-0.05, 0) is 49.5 Å². The maximum atomic E-state index is 12.7. The van der Waals surface area contributed by atoms with Crippen molar-refractivity contribution in [3.63, 3.8) is 0 Å². The van der Waals surface area contributed by atoms with E-state index in [9.17, 15) is 9.59 Å². The molecular weight excluding hydrogens is 408 g/mol. The lowest BCUT2D eigenvalue weighted by molar-refractivity contribution is -0.142. The Morgan fingerprint density at radius 3 is 2.19 bits per heavy atom. The number of methoxy groups -OCH3 is 1. The van der Waals surface area contributed by atoms with Crippen LogP contribution in [0.25, 0.3) is 6.08 Å². The lowest BCUT2D eigenvalue weighted by Gasteiger charge is -2.37. The van der Waals surface area contributed by atoms with Gasteiger partial charge < -0.3 is 14.5 Å². The molecular formula is C21H27BrN2O3. The minimum absolute atomic E-state index is 0.00520. The summed E-state index contributed by atoms with van der Waals surface area (Å²) in [5, 5.41) is 0. The van der Waals surface area contributed by atoms with Gasteiger partial charge in [-0.1, -0.05) is 28.1 Å². The molecule has 0 bridgehead atoms. The van der Waals surface area contributed by atoms with E-state index in [1.807, 2.05) is 40.1 Å². The van der Waals surface area contributed by atoms with Gasteiger partial charge in [0.15, 0.2) is 0 Å². The average molecular weight is 435 g/mol. The molecule has 1 aromatic rings. The van der Waals surface area contributed by atoms with E-state index >= 15 is 0 Å². The summed E-state index contributed by atoms with van der Waals surface area (Å²) in [7, 11) is 1.74. The van der Waals surface area contributed by atoms with Crippen molar-refractivity contribution in [3.05, 3.63) is 40.4 Å². The van der Waals surface area contributed by atoms with Gasteiger partial charge >= 0.3 is 0 Å². The molecule has 1 aliphatic carbocycles. The number of nitrogens with zero attached hydrogens (tertiary/aromatic N) is 2. The molecule has 0 radical (unpaired) electrons. The maximum absolute atomic E-state index is 12.7. The number of carbonyl (C=O) groups is 2.